The second-order valence-electron chi connectivity index (χ2n) is 3.58. The van der Waals surface area contributed by atoms with E-state index in [0.29, 0.717) is 13.0 Å². The maximum atomic E-state index is 11.1. The van der Waals surface area contributed by atoms with Crippen LogP contribution in [-0.4, -0.2) is 51.7 Å². The molecule has 4 heteroatoms. The van der Waals surface area contributed by atoms with E-state index in [4.69, 9.17) is 4.74 Å². The Labute approximate surface area is 86.6 Å². The highest BCUT2D eigenvalue weighted by molar-refractivity contribution is 5.69. The minimum Gasteiger partial charge on any atom is -0.466 e. The third-order valence-electron chi connectivity index (χ3n) is 1.82. The average Bonchev–Trinajstić information content (AvgIpc) is 2.12. The molecule has 0 radical (unpaired) electrons. The number of nitrogens with one attached hydrogen (secondary N) is 1. The third-order valence-corrected chi connectivity index (χ3v) is 1.82. The van der Waals surface area contributed by atoms with Crippen LogP contribution in [-0.2, 0) is 9.53 Å². The van der Waals surface area contributed by atoms with Crippen molar-refractivity contribution in [3.63, 3.8) is 0 Å². The van der Waals surface area contributed by atoms with Crippen LogP contribution >= 0.6 is 0 Å². The number of rotatable bonds is 8. The Morgan fingerprint density at radius 2 is 2.07 bits per heavy atom. The lowest BCUT2D eigenvalue weighted by Gasteiger charge is -2.08. The fourth-order valence-corrected chi connectivity index (χ4v) is 1.05. The largest absolute Gasteiger partial charge is 0.466 e. The van der Waals surface area contributed by atoms with E-state index in [1.807, 2.05) is 21.1 Å². The van der Waals surface area contributed by atoms with E-state index in [1.54, 1.807) is 0 Å². The zero-order chi connectivity index (χ0) is 10.8. The second kappa shape index (κ2) is 8.97. The molecule has 1 N–H and O–H groups in total. The molecule has 0 heterocycles. The van der Waals surface area contributed by atoms with Gasteiger partial charge in [-0.3, -0.25) is 4.79 Å². The average molecular weight is 202 g/mol. The Bertz CT molecular complexity index is 149. The van der Waals surface area contributed by atoms with E-state index >= 15 is 0 Å². The van der Waals surface area contributed by atoms with Crippen LogP contribution in [0.4, 0.5) is 0 Å². The minimum absolute atomic E-state index is 0.0806. The van der Waals surface area contributed by atoms with Gasteiger partial charge in [0, 0.05) is 6.42 Å². The first-order chi connectivity index (χ1) is 6.66. The monoisotopic (exact) mass is 202 g/mol. The zero-order valence-electron chi connectivity index (χ0n) is 9.51. The number of hydrogen-bond acceptors (Lipinski definition) is 4. The number of carbonyl (C=O) groups is 1. The van der Waals surface area contributed by atoms with Gasteiger partial charge in [-0.05, 0) is 47.1 Å². The Morgan fingerprint density at radius 3 is 2.64 bits per heavy atom. The minimum atomic E-state index is -0.0806. The maximum absolute atomic E-state index is 11.1. The molecule has 14 heavy (non-hydrogen) atoms. The number of ether oxygens (including phenoxy) is 1. The van der Waals surface area contributed by atoms with E-state index < -0.39 is 0 Å². The van der Waals surface area contributed by atoms with E-state index in [0.717, 1.165) is 25.9 Å². The lowest BCUT2D eigenvalue weighted by Crippen LogP contribution is -2.16. The summed E-state index contributed by atoms with van der Waals surface area (Å²) in [5, 5.41) is 3.00. The Balaban J connectivity index is 3.20. The van der Waals surface area contributed by atoms with Gasteiger partial charge in [0.05, 0.1) is 6.61 Å². The molecular weight excluding hydrogens is 180 g/mol. The van der Waals surface area contributed by atoms with Crippen molar-refractivity contribution in [3.8, 4) is 0 Å². The Hall–Kier alpha value is -0.610. The van der Waals surface area contributed by atoms with Gasteiger partial charge in [-0.2, -0.15) is 0 Å². The standard InChI is InChI=1S/C10H22N2O2/c1-11-7-5-9-14-10(13)6-4-8-12(2)3/h11H,4-9H2,1-3H3. The molecule has 0 amide bonds. The molecule has 4 nitrogen and oxygen atoms in total. The number of esters is 1. The van der Waals surface area contributed by atoms with Gasteiger partial charge in [-0.25, -0.2) is 0 Å². The quantitative estimate of drug-likeness (QED) is 0.459. The molecule has 0 saturated heterocycles. The summed E-state index contributed by atoms with van der Waals surface area (Å²) in [7, 11) is 5.88. The van der Waals surface area contributed by atoms with Crippen LogP contribution < -0.4 is 5.32 Å². The molecule has 0 aromatic rings. The van der Waals surface area contributed by atoms with Gasteiger partial charge in [0.15, 0.2) is 0 Å². The molecule has 0 fully saturated rings. The van der Waals surface area contributed by atoms with Crippen LogP contribution in [0.5, 0.6) is 0 Å². The van der Waals surface area contributed by atoms with Gasteiger partial charge in [-0.15, -0.1) is 0 Å². The van der Waals surface area contributed by atoms with Crippen molar-refractivity contribution in [2.75, 3.05) is 40.8 Å². The van der Waals surface area contributed by atoms with E-state index in [1.165, 1.54) is 0 Å². The fourth-order valence-electron chi connectivity index (χ4n) is 1.05. The first kappa shape index (κ1) is 13.4. The first-order valence-electron chi connectivity index (χ1n) is 5.11. The smallest absolute Gasteiger partial charge is 0.305 e. The van der Waals surface area contributed by atoms with Crippen molar-refractivity contribution >= 4 is 5.97 Å². The normalized spacial score (nSPS) is 10.6. The van der Waals surface area contributed by atoms with E-state index in [2.05, 4.69) is 10.2 Å². The molecule has 0 unspecified atom stereocenters. The summed E-state index contributed by atoms with van der Waals surface area (Å²) < 4.78 is 5.03. The summed E-state index contributed by atoms with van der Waals surface area (Å²) in [5.41, 5.74) is 0. The summed E-state index contributed by atoms with van der Waals surface area (Å²) in [6.45, 7) is 2.36. The fraction of sp³-hybridized carbons (Fsp3) is 0.900. The molecule has 0 atom stereocenters. The van der Waals surface area contributed by atoms with Crippen molar-refractivity contribution in [2.45, 2.75) is 19.3 Å². The summed E-state index contributed by atoms with van der Waals surface area (Å²) in [5.74, 6) is -0.0806. The van der Waals surface area contributed by atoms with Crippen LogP contribution in [0.3, 0.4) is 0 Å². The highest BCUT2D eigenvalue weighted by Gasteiger charge is 2.02. The van der Waals surface area contributed by atoms with Crippen molar-refractivity contribution < 1.29 is 9.53 Å². The second-order valence-corrected chi connectivity index (χ2v) is 3.58. The molecule has 84 valence electrons. The molecule has 0 aliphatic rings. The van der Waals surface area contributed by atoms with Crippen LogP contribution in [0.2, 0.25) is 0 Å². The highest BCUT2D eigenvalue weighted by Crippen LogP contribution is 1.94. The van der Waals surface area contributed by atoms with Crippen LogP contribution in [0, 0.1) is 0 Å². The SMILES string of the molecule is CNCCCOC(=O)CCCN(C)C. The molecule has 0 spiro atoms. The van der Waals surface area contributed by atoms with Crippen LogP contribution in [0.25, 0.3) is 0 Å². The predicted octanol–water partition coefficient (Wildman–Crippen LogP) is 0.481. The predicted molar refractivity (Wildman–Crippen MR) is 57.3 cm³/mol. The van der Waals surface area contributed by atoms with Crippen molar-refractivity contribution in [1.82, 2.24) is 10.2 Å². The number of carbonyl (C=O) groups excluding carboxylic acids is 1. The third kappa shape index (κ3) is 9.48. The molecule has 0 saturated carbocycles. The summed E-state index contributed by atoms with van der Waals surface area (Å²) in [6, 6.07) is 0. The van der Waals surface area contributed by atoms with Gasteiger partial charge >= 0.3 is 5.97 Å². The van der Waals surface area contributed by atoms with E-state index in [9.17, 15) is 4.79 Å². The highest BCUT2D eigenvalue weighted by atomic mass is 16.5. The summed E-state index contributed by atoms with van der Waals surface area (Å²) >= 11 is 0. The van der Waals surface area contributed by atoms with Gasteiger partial charge < -0.3 is 15.0 Å². The summed E-state index contributed by atoms with van der Waals surface area (Å²) in [6.07, 6.45) is 2.28. The summed E-state index contributed by atoms with van der Waals surface area (Å²) in [4.78, 5) is 13.2. The maximum Gasteiger partial charge on any atom is 0.305 e. The Morgan fingerprint density at radius 1 is 1.36 bits per heavy atom. The Kier molecular flexibility index (Phi) is 8.57. The van der Waals surface area contributed by atoms with Crippen LogP contribution in [0.1, 0.15) is 19.3 Å². The van der Waals surface area contributed by atoms with Gasteiger partial charge in [-0.1, -0.05) is 0 Å². The molecule has 0 aromatic carbocycles. The molecular formula is C10H22N2O2. The molecule has 0 bridgehead atoms. The van der Waals surface area contributed by atoms with Gasteiger partial charge in [0.1, 0.15) is 0 Å². The van der Waals surface area contributed by atoms with Crippen molar-refractivity contribution in [2.24, 2.45) is 0 Å². The lowest BCUT2D eigenvalue weighted by atomic mass is 10.3. The topological polar surface area (TPSA) is 41.6 Å². The zero-order valence-corrected chi connectivity index (χ0v) is 9.51. The first-order valence-corrected chi connectivity index (χ1v) is 5.11. The van der Waals surface area contributed by atoms with Crippen molar-refractivity contribution in [1.29, 1.82) is 0 Å². The molecule has 0 aliphatic heterocycles. The number of nitrogens with zero attached hydrogens (tertiary/aromatic N) is 1. The van der Waals surface area contributed by atoms with Crippen LogP contribution in [0.15, 0.2) is 0 Å². The van der Waals surface area contributed by atoms with Gasteiger partial charge in [0.25, 0.3) is 0 Å². The van der Waals surface area contributed by atoms with Gasteiger partial charge in [0.2, 0.25) is 0 Å². The molecule has 0 aliphatic carbocycles. The van der Waals surface area contributed by atoms with Crippen molar-refractivity contribution in [3.05, 3.63) is 0 Å². The lowest BCUT2D eigenvalue weighted by molar-refractivity contribution is -0.143. The number of hydrogen-bond donors (Lipinski definition) is 1. The van der Waals surface area contributed by atoms with E-state index in [-0.39, 0.29) is 5.97 Å². The molecule has 0 aromatic heterocycles. The molecule has 0 rings (SSSR count).